The van der Waals surface area contributed by atoms with E-state index in [0.717, 1.165) is 37.8 Å². The van der Waals surface area contributed by atoms with E-state index in [1.165, 1.54) is 5.57 Å². The average Bonchev–Trinajstić information content (AvgIpc) is 2.72. The highest BCUT2D eigenvalue weighted by Gasteiger charge is 2.52. The van der Waals surface area contributed by atoms with Gasteiger partial charge in [-0.15, -0.1) is 0 Å². The van der Waals surface area contributed by atoms with E-state index in [-0.39, 0.29) is 17.2 Å². The number of hydrogen-bond acceptors (Lipinski definition) is 2. The summed E-state index contributed by atoms with van der Waals surface area (Å²) in [6, 6.07) is 0. The molecule has 1 atom stereocenters. The van der Waals surface area contributed by atoms with Crippen molar-refractivity contribution in [3.05, 3.63) is 11.1 Å². The van der Waals surface area contributed by atoms with Gasteiger partial charge in [0.1, 0.15) is 0 Å². The number of nitrogens with zero attached hydrogens (tertiary/aromatic N) is 1. The summed E-state index contributed by atoms with van der Waals surface area (Å²) in [6.07, 6.45) is 5.12. The number of hydrogen-bond donors (Lipinski definition) is 0. The molecular formula is C13H17NO2. The molecule has 2 heterocycles. The van der Waals surface area contributed by atoms with E-state index in [4.69, 9.17) is 0 Å². The highest BCUT2D eigenvalue weighted by atomic mass is 16.2. The highest BCUT2D eigenvalue weighted by Crippen LogP contribution is 2.48. The Labute approximate surface area is 95.5 Å². The SMILES string of the molecule is CC1=C2CCCC(=O)N3CCC[C@@]23CC1=O. The summed E-state index contributed by atoms with van der Waals surface area (Å²) < 4.78 is 0. The fourth-order valence-corrected chi connectivity index (χ4v) is 3.73. The summed E-state index contributed by atoms with van der Waals surface area (Å²) >= 11 is 0. The number of allylic oxidation sites excluding steroid dienone is 1. The molecule has 2 saturated heterocycles. The van der Waals surface area contributed by atoms with Crippen molar-refractivity contribution in [2.75, 3.05) is 6.54 Å². The lowest BCUT2D eigenvalue weighted by Crippen LogP contribution is -2.46. The molecule has 1 amide bonds. The third-order valence-corrected chi connectivity index (χ3v) is 4.49. The van der Waals surface area contributed by atoms with E-state index in [2.05, 4.69) is 0 Å². The standard InChI is InChI=1S/C13H17NO2/c1-9-10-4-2-5-12(16)14-7-3-6-13(10,14)8-11(9)15/h2-8H2,1H3/t13-/m1/s1. The molecule has 0 bridgehead atoms. The van der Waals surface area contributed by atoms with Gasteiger partial charge in [0.15, 0.2) is 5.78 Å². The number of Topliss-reactive ketones (excluding diaryl/α,β-unsaturated/α-hetero) is 1. The molecule has 0 aromatic rings. The number of rotatable bonds is 0. The molecule has 3 rings (SSSR count). The quantitative estimate of drug-likeness (QED) is 0.623. The maximum atomic E-state index is 12.0. The van der Waals surface area contributed by atoms with Gasteiger partial charge in [-0.3, -0.25) is 9.59 Å². The van der Waals surface area contributed by atoms with Crippen molar-refractivity contribution in [2.24, 2.45) is 0 Å². The molecule has 0 N–H and O–H groups in total. The normalized spacial score (nSPS) is 34.2. The summed E-state index contributed by atoms with van der Waals surface area (Å²) in [5.74, 6) is 0.520. The molecule has 86 valence electrons. The smallest absolute Gasteiger partial charge is 0.223 e. The van der Waals surface area contributed by atoms with Gasteiger partial charge in [-0.1, -0.05) is 0 Å². The topological polar surface area (TPSA) is 37.4 Å². The van der Waals surface area contributed by atoms with Crippen LogP contribution in [0.5, 0.6) is 0 Å². The minimum absolute atomic E-state index is 0.186. The molecule has 0 unspecified atom stereocenters. The van der Waals surface area contributed by atoms with Crippen molar-refractivity contribution in [1.29, 1.82) is 0 Å². The minimum atomic E-state index is -0.186. The third kappa shape index (κ3) is 1.09. The van der Waals surface area contributed by atoms with Crippen LogP contribution in [0.2, 0.25) is 0 Å². The van der Waals surface area contributed by atoms with Gasteiger partial charge < -0.3 is 4.90 Å². The fraction of sp³-hybridized carbons (Fsp3) is 0.692. The zero-order valence-electron chi connectivity index (χ0n) is 9.71. The lowest BCUT2D eigenvalue weighted by atomic mass is 9.86. The Hall–Kier alpha value is -1.12. The van der Waals surface area contributed by atoms with E-state index in [9.17, 15) is 9.59 Å². The first-order chi connectivity index (χ1) is 7.65. The Morgan fingerprint density at radius 1 is 1.19 bits per heavy atom. The van der Waals surface area contributed by atoms with Crippen molar-refractivity contribution >= 4 is 11.7 Å². The molecule has 1 aliphatic carbocycles. The zero-order chi connectivity index (χ0) is 11.3. The lowest BCUT2D eigenvalue weighted by molar-refractivity contribution is -0.134. The summed E-state index contributed by atoms with van der Waals surface area (Å²) in [4.78, 5) is 25.9. The number of ketones is 1. The monoisotopic (exact) mass is 219 g/mol. The summed E-state index contributed by atoms with van der Waals surface area (Å²) in [5, 5.41) is 0. The van der Waals surface area contributed by atoms with Crippen molar-refractivity contribution in [2.45, 2.75) is 51.0 Å². The van der Waals surface area contributed by atoms with Crippen LogP contribution >= 0.6 is 0 Å². The largest absolute Gasteiger partial charge is 0.333 e. The average molecular weight is 219 g/mol. The van der Waals surface area contributed by atoms with Crippen LogP contribution in [-0.2, 0) is 9.59 Å². The molecule has 3 nitrogen and oxygen atoms in total. The van der Waals surface area contributed by atoms with Crippen LogP contribution in [0.15, 0.2) is 11.1 Å². The highest BCUT2D eigenvalue weighted by molar-refractivity contribution is 6.01. The molecule has 0 aromatic carbocycles. The van der Waals surface area contributed by atoms with Gasteiger partial charge in [0.25, 0.3) is 0 Å². The van der Waals surface area contributed by atoms with E-state index in [1.54, 1.807) is 0 Å². The van der Waals surface area contributed by atoms with Crippen LogP contribution in [0.25, 0.3) is 0 Å². The summed E-state index contributed by atoms with van der Waals surface area (Å²) in [7, 11) is 0. The van der Waals surface area contributed by atoms with E-state index in [0.29, 0.717) is 12.8 Å². The number of carbonyl (C=O) groups excluding carboxylic acids is 2. The Morgan fingerprint density at radius 3 is 2.81 bits per heavy atom. The molecule has 0 radical (unpaired) electrons. The van der Waals surface area contributed by atoms with Gasteiger partial charge >= 0.3 is 0 Å². The van der Waals surface area contributed by atoms with Gasteiger partial charge in [0.05, 0.1) is 5.54 Å². The van der Waals surface area contributed by atoms with Crippen molar-refractivity contribution in [3.8, 4) is 0 Å². The number of carbonyl (C=O) groups is 2. The predicted octanol–water partition coefficient (Wildman–Crippen LogP) is 1.82. The molecular weight excluding hydrogens is 202 g/mol. The van der Waals surface area contributed by atoms with Crippen molar-refractivity contribution in [1.82, 2.24) is 4.90 Å². The first-order valence-corrected chi connectivity index (χ1v) is 6.19. The maximum absolute atomic E-state index is 12.0. The molecule has 3 aliphatic rings. The van der Waals surface area contributed by atoms with Gasteiger partial charge in [-0.05, 0) is 43.8 Å². The van der Waals surface area contributed by atoms with Crippen LogP contribution in [-0.4, -0.2) is 28.7 Å². The van der Waals surface area contributed by atoms with E-state index >= 15 is 0 Å². The van der Waals surface area contributed by atoms with Crippen LogP contribution in [0.3, 0.4) is 0 Å². The van der Waals surface area contributed by atoms with Gasteiger partial charge in [-0.25, -0.2) is 0 Å². The van der Waals surface area contributed by atoms with Gasteiger partial charge in [0.2, 0.25) is 5.91 Å². The molecule has 16 heavy (non-hydrogen) atoms. The predicted molar refractivity (Wildman–Crippen MR) is 59.9 cm³/mol. The molecule has 0 aromatic heterocycles. The summed E-state index contributed by atoms with van der Waals surface area (Å²) in [5.41, 5.74) is 2.04. The Bertz CT molecular complexity index is 410. The fourth-order valence-electron chi connectivity index (χ4n) is 3.73. The van der Waals surface area contributed by atoms with Crippen LogP contribution in [0.4, 0.5) is 0 Å². The van der Waals surface area contributed by atoms with E-state index in [1.807, 2.05) is 11.8 Å². The second kappa shape index (κ2) is 3.19. The first-order valence-electron chi connectivity index (χ1n) is 6.19. The van der Waals surface area contributed by atoms with Crippen molar-refractivity contribution < 1.29 is 9.59 Å². The first kappa shape index (κ1) is 10.1. The Kier molecular flexibility index (Phi) is 2.00. The summed E-state index contributed by atoms with van der Waals surface area (Å²) in [6.45, 7) is 2.79. The van der Waals surface area contributed by atoms with Gasteiger partial charge in [0, 0.05) is 19.4 Å². The van der Waals surface area contributed by atoms with Crippen LogP contribution in [0.1, 0.15) is 45.4 Å². The maximum Gasteiger partial charge on any atom is 0.223 e. The molecule has 0 saturated carbocycles. The van der Waals surface area contributed by atoms with Crippen molar-refractivity contribution in [3.63, 3.8) is 0 Å². The lowest BCUT2D eigenvalue weighted by Gasteiger charge is -2.35. The molecule has 2 fully saturated rings. The number of amides is 1. The van der Waals surface area contributed by atoms with Gasteiger partial charge in [-0.2, -0.15) is 0 Å². The van der Waals surface area contributed by atoms with Crippen LogP contribution < -0.4 is 0 Å². The second-order valence-corrected chi connectivity index (χ2v) is 5.24. The molecule has 3 heteroatoms. The molecule has 2 aliphatic heterocycles. The Morgan fingerprint density at radius 2 is 2.00 bits per heavy atom. The Balaban J connectivity index is 2.13. The second-order valence-electron chi connectivity index (χ2n) is 5.24. The third-order valence-electron chi connectivity index (χ3n) is 4.49. The minimum Gasteiger partial charge on any atom is -0.333 e. The van der Waals surface area contributed by atoms with Crippen LogP contribution in [0, 0.1) is 0 Å². The molecule has 1 spiro atoms. The zero-order valence-corrected chi connectivity index (χ0v) is 9.71. The van der Waals surface area contributed by atoms with E-state index < -0.39 is 0 Å².